The molecule has 16 heavy (non-hydrogen) atoms. The van der Waals surface area contributed by atoms with Gasteiger partial charge in [-0.1, -0.05) is 0 Å². The van der Waals surface area contributed by atoms with E-state index in [4.69, 9.17) is 4.42 Å². The average Bonchev–Trinajstić information content (AvgIpc) is 3.02. The van der Waals surface area contributed by atoms with Crippen molar-refractivity contribution in [2.24, 2.45) is 5.92 Å². The second-order valence-corrected chi connectivity index (χ2v) is 5.18. The van der Waals surface area contributed by atoms with Gasteiger partial charge in [-0.05, 0) is 51.2 Å². The Morgan fingerprint density at radius 3 is 2.75 bits per heavy atom. The van der Waals surface area contributed by atoms with Crippen molar-refractivity contribution in [3.8, 4) is 0 Å². The molecule has 2 atom stereocenters. The third kappa shape index (κ3) is 2.15. The normalized spacial score (nSPS) is 21.8. The molecule has 0 aliphatic heterocycles. The van der Waals surface area contributed by atoms with Gasteiger partial charge in [0.2, 0.25) is 0 Å². The van der Waals surface area contributed by atoms with E-state index in [0.29, 0.717) is 5.92 Å². The summed E-state index contributed by atoms with van der Waals surface area (Å²) >= 11 is 0. The van der Waals surface area contributed by atoms with E-state index in [0.717, 1.165) is 11.3 Å². The summed E-state index contributed by atoms with van der Waals surface area (Å²) in [4.78, 5) is 0. The molecular weight excluding hydrogens is 202 g/mol. The first kappa shape index (κ1) is 11.7. The maximum absolute atomic E-state index is 9.52. The van der Waals surface area contributed by atoms with E-state index in [1.807, 2.05) is 13.0 Å². The van der Waals surface area contributed by atoms with Crippen LogP contribution in [0.15, 0.2) is 16.7 Å². The van der Waals surface area contributed by atoms with Crippen LogP contribution in [0.1, 0.15) is 44.1 Å². The van der Waals surface area contributed by atoms with Gasteiger partial charge in [0, 0.05) is 5.54 Å². The van der Waals surface area contributed by atoms with Crippen LogP contribution in [0.5, 0.6) is 0 Å². The van der Waals surface area contributed by atoms with Crippen LogP contribution in [0.3, 0.4) is 0 Å². The molecule has 2 rings (SSSR count). The Bertz CT molecular complexity index is 357. The maximum Gasteiger partial charge on any atom is 0.123 e. The van der Waals surface area contributed by atoms with Crippen molar-refractivity contribution >= 4 is 0 Å². The number of aliphatic hydroxyl groups is 1. The van der Waals surface area contributed by atoms with Crippen LogP contribution in [-0.4, -0.2) is 17.3 Å². The van der Waals surface area contributed by atoms with Gasteiger partial charge < -0.3 is 9.52 Å². The molecule has 2 unspecified atom stereocenters. The van der Waals surface area contributed by atoms with E-state index in [2.05, 4.69) is 19.2 Å². The second-order valence-electron chi connectivity index (χ2n) is 5.18. The Hall–Kier alpha value is -0.800. The van der Waals surface area contributed by atoms with E-state index >= 15 is 0 Å². The van der Waals surface area contributed by atoms with Gasteiger partial charge in [-0.15, -0.1) is 0 Å². The fraction of sp³-hybridized carbons (Fsp3) is 0.692. The molecule has 1 saturated carbocycles. The summed E-state index contributed by atoms with van der Waals surface area (Å²) in [5.74, 6) is 1.58. The van der Waals surface area contributed by atoms with Crippen molar-refractivity contribution in [3.05, 3.63) is 23.7 Å². The molecule has 1 aromatic rings. The molecule has 1 heterocycles. The summed E-state index contributed by atoms with van der Waals surface area (Å²) < 4.78 is 5.47. The summed E-state index contributed by atoms with van der Waals surface area (Å²) in [5, 5.41) is 13.0. The Kier molecular flexibility index (Phi) is 3.08. The highest BCUT2D eigenvalue weighted by Crippen LogP contribution is 2.40. The zero-order chi connectivity index (χ0) is 11.8. The minimum Gasteiger partial charge on any atom is -0.467 e. The topological polar surface area (TPSA) is 45.4 Å². The molecule has 90 valence electrons. The molecule has 1 aromatic heterocycles. The molecule has 0 amide bonds. The highest BCUT2D eigenvalue weighted by molar-refractivity contribution is 5.18. The Labute approximate surface area is 96.8 Å². The number of hydrogen-bond acceptors (Lipinski definition) is 3. The van der Waals surface area contributed by atoms with Crippen molar-refractivity contribution in [1.29, 1.82) is 0 Å². The lowest BCUT2D eigenvalue weighted by atomic mass is 9.95. The quantitative estimate of drug-likeness (QED) is 0.805. The van der Waals surface area contributed by atoms with Gasteiger partial charge in [0.1, 0.15) is 5.76 Å². The van der Waals surface area contributed by atoms with Crippen LogP contribution in [0.2, 0.25) is 0 Å². The number of aliphatic hydroxyl groups excluding tert-OH is 1. The predicted octanol–water partition coefficient (Wildman–Crippen LogP) is 2.40. The lowest BCUT2D eigenvalue weighted by Gasteiger charge is -2.32. The van der Waals surface area contributed by atoms with Gasteiger partial charge in [-0.3, -0.25) is 5.32 Å². The third-order valence-corrected chi connectivity index (χ3v) is 3.65. The van der Waals surface area contributed by atoms with E-state index in [9.17, 15) is 5.11 Å². The molecule has 0 radical (unpaired) electrons. The van der Waals surface area contributed by atoms with Gasteiger partial charge in [0.25, 0.3) is 0 Å². The highest BCUT2D eigenvalue weighted by atomic mass is 16.3. The van der Waals surface area contributed by atoms with Gasteiger partial charge in [-0.25, -0.2) is 0 Å². The van der Waals surface area contributed by atoms with Gasteiger partial charge in [0.15, 0.2) is 0 Å². The molecule has 3 nitrogen and oxygen atoms in total. The van der Waals surface area contributed by atoms with E-state index < -0.39 is 0 Å². The fourth-order valence-corrected chi connectivity index (χ4v) is 2.40. The van der Waals surface area contributed by atoms with Crippen LogP contribution >= 0.6 is 0 Å². The minimum absolute atomic E-state index is 0.146. The molecular formula is C13H21NO2. The van der Waals surface area contributed by atoms with E-state index in [1.54, 1.807) is 6.26 Å². The SMILES string of the molecule is Cc1ccoc1C(C)NC(C)(CO)C1CC1. The number of hydrogen-bond donors (Lipinski definition) is 2. The van der Waals surface area contributed by atoms with Crippen LogP contribution in [-0.2, 0) is 0 Å². The van der Waals surface area contributed by atoms with E-state index in [-0.39, 0.29) is 18.2 Å². The number of furan rings is 1. The first-order valence-corrected chi connectivity index (χ1v) is 5.99. The molecule has 3 heteroatoms. The number of rotatable bonds is 5. The molecule has 0 spiro atoms. The maximum atomic E-state index is 9.52. The van der Waals surface area contributed by atoms with Crippen LogP contribution in [0.25, 0.3) is 0 Å². The van der Waals surface area contributed by atoms with Crippen molar-refractivity contribution in [1.82, 2.24) is 5.32 Å². The average molecular weight is 223 g/mol. The lowest BCUT2D eigenvalue weighted by molar-refractivity contribution is 0.140. The standard InChI is InChI=1S/C13H21NO2/c1-9-6-7-16-12(9)10(2)14-13(3,8-15)11-4-5-11/h6-7,10-11,14-15H,4-5,8H2,1-3H3. The van der Waals surface area contributed by atoms with Crippen LogP contribution < -0.4 is 5.32 Å². The van der Waals surface area contributed by atoms with E-state index in [1.165, 1.54) is 12.8 Å². The zero-order valence-corrected chi connectivity index (χ0v) is 10.3. The summed E-state index contributed by atoms with van der Waals surface area (Å²) in [6, 6.07) is 2.12. The summed E-state index contributed by atoms with van der Waals surface area (Å²) in [6.07, 6.45) is 4.15. The minimum atomic E-state index is -0.168. The summed E-state index contributed by atoms with van der Waals surface area (Å²) in [6.45, 7) is 6.41. The highest BCUT2D eigenvalue weighted by Gasteiger charge is 2.42. The van der Waals surface area contributed by atoms with Crippen molar-refractivity contribution in [2.45, 2.75) is 45.2 Å². The summed E-state index contributed by atoms with van der Waals surface area (Å²) in [7, 11) is 0. The number of aryl methyl sites for hydroxylation is 1. The molecule has 1 fully saturated rings. The largest absolute Gasteiger partial charge is 0.467 e. The fourth-order valence-electron chi connectivity index (χ4n) is 2.40. The molecule has 0 aromatic carbocycles. The molecule has 1 aliphatic carbocycles. The number of nitrogens with one attached hydrogen (secondary N) is 1. The second kappa shape index (κ2) is 4.22. The molecule has 1 aliphatic rings. The van der Waals surface area contributed by atoms with Crippen LogP contribution in [0.4, 0.5) is 0 Å². The Morgan fingerprint density at radius 1 is 1.62 bits per heavy atom. The monoisotopic (exact) mass is 223 g/mol. The molecule has 2 N–H and O–H groups in total. The van der Waals surface area contributed by atoms with Gasteiger partial charge in [0.05, 0.1) is 18.9 Å². The third-order valence-electron chi connectivity index (χ3n) is 3.65. The molecule has 0 bridgehead atoms. The van der Waals surface area contributed by atoms with Crippen molar-refractivity contribution < 1.29 is 9.52 Å². The van der Waals surface area contributed by atoms with Crippen molar-refractivity contribution in [3.63, 3.8) is 0 Å². The zero-order valence-electron chi connectivity index (χ0n) is 10.3. The first-order chi connectivity index (χ1) is 7.57. The predicted molar refractivity (Wildman–Crippen MR) is 63.2 cm³/mol. The molecule has 0 saturated heterocycles. The van der Waals surface area contributed by atoms with Crippen LogP contribution in [0, 0.1) is 12.8 Å². The van der Waals surface area contributed by atoms with Gasteiger partial charge in [-0.2, -0.15) is 0 Å². The Morgan fingerprint density at radius 2 is 2.31 bits per heavy atom. The lowest BCUT2D eigenvalue weighted by Crippen LogP contribution is -2.48. The van der Waals surface area contributed by atoms with Crippen molar-refractivity contribution in [2.75, 3.05) is 6.61 Å². The Balaban J connectivity index is 2.06. The summed E-state index contributed by atoms with van der Waals surface area (Å²) in [5.41, 5.74) is 0.995. The van der Waals surface area contributed by atoms with Gasteiger partial charge >= 0.3 is 0 Å². The first-order valence-electron chi connectivity index (χ1n) is 5.99. The smallest absolute Gasteiger partial charge is 0.123 e.